The van der Waals surface area contributed by atoms with Crippen LogP contribution in [0, 0.1) is 0 Å². The number of hydrogen-bond acceptors (Lipinski definition) is 9. The fraction of sp³-hybridized carbons (Fsp3) is 0.407. The molecule has 0 bridgehead atoms. The van der Waals surface area contributed by atoms with Crippen LogP contribution in [0.15, 0.2) is 23.0 Å². The molecule has 38 heavy (non-hydrogen) atoms. The zero-order chi connectivity index (χ0) is 26.8. The van der Waals surface area contributed by atoms with Crippen LogP contribution >= 0.6 is 0 Å². The van der Waals surface area contributed by atoms with Crippen molar-refractivity contribution in [1.82, 2.24) is 14.9 Å². The number of benzene rings is 1. The topological polar surface area (TPSA) is 155 Å². The van der Waals surface area contributed by atoms with Gasteiger partial charge in [0.15, 0.2) is 17.1 Å². The largest absolute Gasteiger partial charge is 0.458 e. The molecule has 3 aliphatic rings. The SMILES string of the molecule is CC[C@@]1(O)C(=O)OCc2c1cc1n(c2=O)Cc2c-1nc1cc3c(cc1c2CC[C@@H](C)NC(=O)CN)OCO3. The Morgan fingerprint density at radius 3 is 2.71 bits per heavy atom. The Kier molecular flexibility index (Phi) is 5.65. The predicted octanol–water partition coefficient (Wildman–Crippen LogP) is 1.20. The fourth-order valence-electron chi connectivity index (χ4n) is 5.60. The number of ether oxygens (including phenoxy) is 3. The van der Waals surface area contributed by atoms with Crippen LogP contribution in [-0.4, -0.2) is 45.9 Å². The molecule has 3 aliphatic heterocycles. The van der Waals surface area contributed by atoms with E-state index in [1.165, 1.54) is 0 Å². The summed E-state index contributed by atoms with van der Waals surface area (Å²) < 4.78 is 18.0. The molecule has 11 nitrogen and oxygen atoms in total. The van der Waals surface area contributed by atoms with Crippen molar-refractivity contribution in [3.05, 3.63) is 50.8 Å². The molecule has 0 unspecified atom stereocenters. The van der Waals surface area contributed by atoms with Crippen LogP contribution in [0.25, 0.3) is 22.3 Å². The summed E-state index contributed by atoms with van der Waals surface area (Å²) in [5.74, 6) is 0.221. The first-order chi connectivity index (χ1) is 18.2. The van der Waals surface area contributed by atoms with E-state index < -0.39 is 11.6 Å². The maximum atomic E-state index is 13.6. The van der Waals surface area contributed by atoms with Crippen LogP contribution in [0.4, 0.5) is 0 Å². The van der Waals surface area contributed by atoms with Gasteiger partial charge >= 0.3 is 5.97 Å². The van der Waals surface area contributed by atoms with Gasteiger partial charge in [-0.25, -0.2) is 9.78 Å². The van der Waals surface area contributed by atoms with Gasteiger partial charge in [0.1, 0.15) is 6.61 Å². The summed E-state index contributed by atoms with van der Waals surface area (Å²) >= 11 is 0. The van der Waals surface area contributed by atoms with Gasteiger partial charge in [0.2, 0.25) is 12.7 Å². The number of esters is 1. The number of rotatable bonds is 6. The molecular formula is C27H28N4O7. The summed E-state index contributed by atoms with van der Waals surface area (Å²) in [7, 11) is 0. The van der Waals surface area contributed by atoms with Crippen molar-refractivity contribution in [2.75, 3.05) is 13.3 Å². The van der Waals surface area contributed by atoms with Gasteiger partial charge in [-0.15, -0.1) is 0 Å². The second-order valence-electron chi connectivity index (χ2n) is 9.95. The van der Waals surface area contributed by atoms with Crippen LogP contribution in [-0.2, 0) is 39.5 Å². The van der Waals surface area contributed by atoms with E-state index in [4.69, 9.17) is 24.9 Å². The van der Waals surface area contributed by atoms with Crippen molar-refractivity contribution >= 4 is 22.8 Å². The van der Waals surface area contributed by atoms with Gasteiger partial charge in [-0.1, -0.05) is 6.92 Å². The van der Waals surface area contributed by atoms with Gasteiger partial charge < -0.3 is 34.9 Å². The van der Waals surface area contributed by atoms with E-state index in [1.54, 1.807) is 17.6 Å². The number of nitrogens with one attached hydrogen (secondary N) is 1. The average Bonchev–Trinajstić information content (AvgIpc) is 3.52. The highest BCUT2D eigenvalue weighted by Gasteiger charge is 2.45. The number of aryl methyl sites for hydroxylation is 1. The summed E-state index contributed by atoms with van der Waals surface area (Å²) in [6, 6.07) is 5.30. The van der Waals surface area contributed by atoms with Gasteiger partial charge in [-0.2, -0.15) is 0 Å². The molecule has 0 spiro atoms. The number of carbonyl (C=O) groups excluding carboxylic acids is 2. The Morgan fingerprint density at radius 2 is 1.97 bits per heavy atom. The predicted molar refractivity (Wildman–Crippen MR) is 136 cm³/mol. The molecule has 0 saturated heterocycles. The Labute approximate surface area is 217 Å². The summed E-state index contributed by atoms with van der Waals surface area (Å²) in [4.78, 5) is 42.8. The lowest BCUT2D eigenvalue weighted by Gasteiger charge is -2.31. The number of nitrogens with zero attached hydrogens (tertiary/aromatic N) is 2. The van der Waals surface area contributed by atoms with Gasteiger partial charge in [0, 0.05) is 28.6 Å². The number of aromatic nitrogens is 2. The Hall–Kier alpha value is -3.96. The fourth-order valence-corrected chi connectivity index (χ4v) is 5.60. The van der Waals surface area contributed by atoms with Crippen molar-refractivity contribution in [1.29, 1.82) is 0 Å². The first-order valence-electron chi connectivity index (χ1n) is 12.7. The Balaban J connectivity index is 1.52. The summed E-state index contributed by atoms with van der Waals surface area (Å²) in [5, 5.41) is 14.9. The number of cyclic esters (lactones) is 1. The zero-order valence-corrected chi connectivity index (χ0v) is 21.1. The van der Waals surface area contributed by atoms with E-state index in [0.29, 0.717) is 41.2 Å². The summed E-state index contributed by atoms with van der Waals surface area (Å²) in [5.41, 5.74) is 7.47. The highest BCUT2D eigenvalue weighted by Crippen LogP contribution is 2.43. The summed E-state index contributed by atoms with van der Waals surface area (Å²) in [6.07, 6.45) is 1.29. The smallest absolute Gasteiger partial charge is 0.343 e. The minimum Gasteiger partial charge on any atom is -0.458 e. The van der Waals surface area contributed by atoms with Crippen molar-refractivity contribution in [2.24, 2.45) is 5.73 Å². The molecular weight excluding hydrogens is 492 g/mol. The third kappa shape index (κ3) is 3.57. The molecule has 5 heterocycles. The van der Waals surface area contributed by atoms with Crippen molar-refractivity contribution in [3.63, 3.8) is 0 Å². The molecule has 1 amide bonds. The summed E-state index contributed by atoms with van der Waals surface area (Å²) in [6.45, 7) is 3.73. The van der Waals surface area contributed by atoms with E-state index in [0.717, 1.165) is 16.5 Å². The highest BCUT2D eigenvalue weighted by atomic mass is 16.7. The standard InChI is InChI=1S/C27H28N4O7/c1-3-27(35)18-7-20-24-16(10-31(20)25(33)17(18)11-36-26(27)34)14(5-4-13(2)29-23(32)9-28)15-6-21-22(38-12-37-21)8-19(15)30-24/h6-8,13,35H,3-5,9-12,28H2,1-2H3,(H,29,32)/t13-,27+/m1/s1. The van der Waals surface area contributed by atoms with E-state index in [1.807, 2.05) is 19.1 Å². The molecule has 11 heteroatoms. The van der Waals surface area contributed by atoms with Crippen molar-refractivity contribution < 1.29 is 28.9 Å². The quantitative estimate of drug-likeness (QED) is 0.318. The molecule has 1 aromatic carbocycles. The van der Waals surface area contributed by atoms with Crippen LogP contribution in [0.2, 0.25) is 0 Å². The molecule has 0 fully saturated rings. The van der Waals surface area contributed by atoms with Gasteiger partial charge in [-0.05, 0) is 43.9 Å². The number of aliphatic hydroxyl groups is 1. The Morgan fingerprint density at radius 1 is 1.21 bits per heavy atom. The van der Waals surface area contributed by atoms with Gasteiger partial charge in [0.05, 0.1) is 35.6 Å². The molecule has 198 valence electrons. The number of nitrogens with two attached hydrogens (primary N) is 1. The number of amides is 1. The van der Waals surface area contributed by atoms with Crippen LogP contribution in [0.3, 0.4) is 0 Å². The van der Waals surface area contributed by atoms with E-state index in [2.05, 4.69) is 5.32 Å². The third-order valence-corrected chi connectivity index (χ3v) is 7.72. The monoisotopic (exact) mass is 520 g/mol. The molecule has 0 aliphatic carbocycles. The zero-order valence-electron chi connectivity index (χ0n) is 21.1. The number of carbonyl (C=O) groups is 2. The second kappa shape index (κ2) is 8.81. The molecule has 4 N–H and O–H groups in total. The van der Waals surface area contributed by atoms with Crippen LogP contribution < -0.4 is 26.1 Å². The minimum absolute atomic E-state index is 0.0703. The lowest BCUT2D eigenvalue weighted by molar-refractivity contribution is -0.172. The first kappa shape index (κ1) is 24.4. The van der Waals surface area contributed by atoms with Gasteiger partial charge in [-0.3, -0.25) is 9.59 Å². The molecule has 2 atom stereocenters. The van der Waals surface area contributed by atoms with Crippen LogP contribution in [0.5, 0.6) is 11.5 Å². The number of fused-ring (bicyclic) bond motifs is 6. The van der Waals surface area contributed by atoms with E-state index in [-0.39, 0.29) is 61.5 Å². The minimum atomic E-state index is -1.90. The molecule has 2 aromatic heterocycles. The molecule has 0 saturated carbocycles. The molecule has 0 radical (unpaired) electrons. The number of hydrogen-bond donors (Lipinski definition) is 3. The maximum absolute atomic E-state index is 13.6. The lowest BCUT2D eigenvalue weighted by atomic mass is 9.86. The molecule has 3 aromatic rings. The normalized spacial score (nSPS) is 19.5. The van der Waals surface area contributed by atoms with Crippen molar-refractivity contribution in [3.8, 4) is 22.9 Å². The van der Waals surface area contributed by atoms with E-state index >= 15 is 0 Å². The second-order valence-corrected chi connectivity index (χ2v) is 9.95. The Bertz CT molecular complexity index is 1580. The van der Waals surface area contributed by atoms with Crippen molar-refractivity contribution in [2.45, 2.75) is 57.9 Å². The average molecular weight is 521 g/mol. The molecule has 6 rings (SSSR count). The van der Waals surface area contributed by atoms with E-state index in [9.17, 15) is 19.5 Å². The number of pyridine rings is 2. The van der Waals surface area contributed by atoms with Crippen LogP contribution in [0.1, 0.15) is 48.9 Å². The van der Waals surface area contributed by atoms with Gasteiger partial charge in [0.25, 0.3) is 5.56 Å². The first-order valence-corrected chi connectivity index (χ1v) is 12.7. The highest BCUT2D eigenvalue weighted by molar-refractivity contribution is 5.91. The maximum Gasteiger partial charge on any atom is 0.343 e. The lowest BCUT2D eigenvalue weighted by Crippen LogP contribution is -2.44. The third-order valence-electron chi connectivity index (χ3n) is 7.72.